The smallest absolute Gasteiger partial charge is 0.249 e. The molecule has 3 atom stereocenters. The minimum Gasteiger partial charge on any atom is -0.370 e. The summed E-state index contributed by atoms with van der Waals surface area (Å²) in [6.45, 7) is 1.68. The third-order valence-electron chi connectivity index (χ3n) is 9.19. The zero-order valence-electron chi connectivity index (χ0n) is 28.5. The highest BCUT2D eigenvalue weighted by atomic mass is 16.5. The number of hydrogen-bond donors (Lipinski definition) is 2. The Morgan fingerprint density at radius 2 is 1.43 bits per heavy atom. The quantitative estimate of drug-likeness (QED) is 0.186. The Kier molecular flexibility index (Phi) is 13.1. The van der Waals surface area contributed by atoms with Gasteiger partial charge in [0.2, 0.25) is 17.7 Å². The highest BCUT2D eigenvalue weighted by Gasteiger charge is 2.35. The van der Waals surface area contributed by atoms with Crippen LogP contribution in [0.2, 0.25) is 0 Å². The van der Waals surface area contributed by atoms with Gasteiger partial charge in [0.1, 0.15) is 18.7 Å². The third kappa shape index (κ3) is 10.3. The lowest BCUT2D eigenvalue weighted by Crippen LogP contribution is -2.56. The molecule has 3 aromatic carbocycles. The van der Waals surface area contributed by atoms with Gasteiger partial charge < -0.3 is 25.2 Å². The van der Waals surface area contributed by atoms with Crippen molar-refractivity contribution in [2.75, 3.05) is 40.4 Å². The molecule has 9 heteroatoms. The van der Waals surface area contributed by atoms with Crippen LogP contribution in [0.15, 0.2) is 109 Å². The van der Waals surface area contributed by atoms with Crippen LogP contribution in [0.25, 0.3) is 11.1 Å². The molecule has 256 valence electrons. The van der Waals surface area contributed by atoms with Crippen molar-refractivity contribution in [3.63, 3.8) is 0 Å². The summed E-state index contributed by atoms with van der Waals surface area (Å²) < 4.78 is 5.80. The fourth-order valence-corrected chi connectivity index (χ4v) is 6.17. The molecule has 1 saturated heterocycles. The van der Waals surface area contributed by atoms with Crippen molar-refractivity contribution in [2.24, 2.45) is 0 Å². The van der Waals surface area contributed by atoms with Crippen LogP contribution in [-0.2, 0) is 38.4 Å². The molecule has 9 nitrogen and oxygen atoms in total. The highest BCUT2D eigenvalue weighted by molar-refractivity contribution is 5.92. The van der Waals surface area contributed by atoms with Crippen molar-refractivity contribution in [3.05, 3.63) is 126 Å². The summed E-state index contributed by atoms with van der Waals surface area (Å²) in [5, 5.41) is 6.42. The summed E-state index contributed by atoms with van der Waals surface area (Å²) in [6, 6.07) is 30.3. The molecule has 0 unspecified atom stereocenters. The van der Waals surface area contributed by atoms with Crippen molar-refractivity contribution in [3.8, 4) is 11.1 Å². The number of nitrogens with one attached hydrogen (secondary N) is 2. The van der Waals surface area contributed by atoms with E-state index in [0.717, 1.165) is 47.2 Å². The van der Waals surface area contributed by atoms with Gasteiger partial charge in [-0.2, -0.15) is 0 Å². The second-order valence-corrected chi connectivity index (χ2v) is 12.6. The maximum atomic E-state index is 14.5. The first kappa shape index (κ1) is 35.4. The summed E-state index contributed by atoms with van der Waals surface area (Å²) in [5.41, 5.74) is 5.06. The minimum atomic E-state index is -0.851. The lowest BCUT2D eigenvalue weighted by Gasteiger charge is -2.34. The average molecular weight is 662 g/mol. The van der Waals surface area contributed by atoms with Gasteiger partial charge in [-0.25, -0.2) is 0 Å². The summed E-state index contributed by atoms with van der Waals surface area (Å²) in [4.78, 5) is 48.8. The molecule has 0 spiro atoms. The van der Waals surface area contributed by atoms with Crippen LogP contribution >= 0.6 is 0 Å². The Morgan fingerprint density at radius 3 is 2.10 bits per heavy atom. The van der Waals surface area contributed by atoms with E-state index in [0.29, 0.717) is 26.0 Å². The Hall–Kier alpha value is -4.86. The van der Waals surface area contributed by atoms with Crippen molar-refractivity contribution < 1.29 is 19.1 Å². The Labute approximate surface area is 289 Å². The molecule has 2 N–H and O–H groups in total. The summed E-state index contributed by atoms with van der Waals surface area (Å²) in [7, 11) is 3.31. The fraction of sp³-hybridized carbons (Fsp3) is 0.350. The number of rotatable bonds is 16. The van der Waals surface area contributed by atoms with Crippen molar-refractivity contribution in [1.29, 1.82) is 0 Å². The van der Waals surface area contributed by atoms with Gasteiger partial charge in [0.05, 0.1) is 6.61 Å². The molecule has 0 radical (unpaired) electrons. The van der Waals surface area contributed by atoms with Gasteiger partial charge in [0.15, 0.2) is 0 Å². The number of ether oxygens (including phenoxy) is 1. The molecule has 1 aromatic heterocycles. The topological polar surface area (TPSA) is 104 Å². The van der Waals surface area contributed by atoms with E-state index in [4.69, 9.17) is 4.74 Å². The molecule has 4 aromatic rings. The van der Waals surface area contributed by atoms with E-state index in [1.807, 2.05) is 84.9 Å². The van der Waals surface area contributed by atoms with Gasteiger partial charge in [-0.1, -0.05) is 84.9 Å². The number of hydrogen-bond acceptors (Lipinski definition) is 6. The predicted octanol–water partition coefficient (Wildman–Crippen LogP) is 4.32. The van der Waals surface area contributed by atoms with E-state index in [1.165, 1.54) is 9.80 Å². The predicted molar refractivity (Wildman–Crippen MR) is 192 cm³/mol. The number of amides is 3. The molecule has 3 amide bonds. The largest absolute Gasteiger partial charge is 0.370 e. The molecule has 0 aliphatic carbocycles. The van der Waals surface area contributed by atoms with E-state index in [2.05, 4.69) is 27.8 Å². The van der Waals surface area contributed by atoms with E-state index < -0.39 is 12.1 Å². The van der Waals surface area contributed by atoms with Crippen molar-refractivity contribution in [1.82, 2.24) is 25.4 Å². The van der Waals surface area contributed by atoms with Gasteiger partial charge in [-0.3, -0.25) is 19.4 Å². The lowest BCUT2D eigenvalue weighted by atomic mass is 9.98. The molecule has 1 aliphatic heterocycles. The molecular weight excluding hydrogens is 614 g/mol. The summed E-state index contributed by atoms with van der Waals surface area (Å²) in [6.07, 6.45) is 6.82. The molecular formula is C40H47N5O4. The Balaban J connectivity index is 1.34. The van der Waals surface area contributed by atoms with Crippen LogP contribution in [0.5, 0.6) is 0 Å². The van der Waals surface area contributed by atoms with Gasteiger partial charge >= 0.3 is 0 Å². The number of carbonyl (C=O) groups is 3. The number of nitrogens with zero attached hydrogens (tertiary/aromatic N) is 3. The van der Waals surface area contributed by atoms with E-state index in [-0.39, 0.29) is 36.8 Å². The average Bonchev–Trinajstić information content (AvgIpc) is 3.67. The van der Waals surface area contributed by atoms with Crippen LogP contribution in [0.4, 0.5) is 0 Å². The van der Waals surface area contributed by atoms with Gasteiger partial charge in [-0.05, 0) is 65.8 Å². The fourth-order valence-electron chi connectivity index (χ4n) is 6.17. The summed E-state index contributed by atoms with van der Waals surface area (Å²) in [5.74, 6) is -0.848. The zero-order chi connectivity index (χ0) is 34.4. The minimum absolute atomic E-state index is 0.127. The van der Waals surface area contributed by atoms with Crippen LogP contribution in [-0.4, -0.2) is 91.0 Å². The van der Waals surface area contributed by atoms with E-state index in [1.54, 1.807) is 26.5 Å². The van der Waals surface area contributed by atoms with Gasteiger partial charge in [-0.15, -0.1) is 0 Å². The van der Waals surface area contributed by atoms with E-state index in [9.17, 15) is 14.4 Å². The lowest BCUT2D eigenvalue weighted by molar-refractivity contribution is -0.149. The van der Waals surface area contributed by atoms with Crippen molar-refractivity contribution in [2.45, 2.75) is 50.2 Å². The maximum Gasteiger partial charge on any atom is 0.249 e. The second kappa shape index (κ2) is 18.1. The SMILES string of the molecule is CN(C(=O)COC[C@H]1CCCN1)[C@H](Cc1ccc(-c2ccccc2)cc1)C(=O)N(C)[C@H](Cc1ccccc1)C(=O)NCCc1ccncc1. The van der Waals surface area contributed by atoms with Crippen LogP contribution in [0.3, 0.4) is 0 Å². The Bertz CT molecular complexity index is 1610. The van der Waals surface area contributed by atoms with Crippen LogP contribution in [0.1, 0.15) is 29.5 Å². The maximum absolute atomic E-state index is 14.5. The number of benzene rings is 3. The molecule has 0 saturated carbocycles. The highest BCUT2D eigenvalue weighted by Crippen LogP contribution is 2.21. The summed E-state index contributed by atoms with van der Waals surface area (Å²) >= 11 is 0. The molecule has 1 aliphatic rings. The number of pyridine rings is 1. The number of aromatic nitrogens is 1. The normalized spacial score (nSPS) is 15.3. The van der Waals surface area contributed by atoms with Crippen molar-refractivity contribution >= 4 is 17.7 Å². The number of likely N-dealkylation sites (N-methyl/N-ethyl adjacent to an activating group) is 2. The van der Waals surface area contributed by atoms with Gasteiger partial charge in [0, 0.05) is 51.9 Å². The monoisotopic (exact) mass is 661 g/mol. The molecule has 1 fully saturated rings. The third-order valence-corrected chi connectivity index (χ3v) is 9.19. The Morgan fingerprint density at radius 1 is 0.796 bits per heavy atom. The van der Waals surface area contributed by atoms with E-state index >= 15 is 0 Å². The van der Waals surface area contributed by atoms with Gasteiger partial charge in [0.25, 0.3) is 0 Å². The van der Waals surface area contributed by atoms with Crippen LogP contribution < -0.4 is 10.6 Å². The standard InChI is InChI=1S/C40H47N5O4/c1-44(38(46)29-49-28-35-14-9-22-42-35)37(27-32-15-17-34(18-16-32)33-12-7-4-8-13-33)40(48)45(2)36(26-31-10-5-3-6-11-31)39(47)43-25-21-30-19-23-41-24-20-30/h3-8,10-13,15-20,23-24,35-37,42H,9,14,21-22,25-29H2,1-2H3,(H,43,47)/t35-,36-,37-/m1/s1. The molecule has 0 bridgehead atoms. The number of carbonyl (C=O) groups excluding carboxylic acids is 3. The first-order chi connectivity index (χ1) is 23.9. The molecule has 2 heterocycles. The zero-order valence-corrected chi connectivity index (χ0v) is 28.5. The van der Waals surface area contributed by atoms with Crippen LogP contribution in [0, 0.1) is 0 Å². The second-order valence-electron chi connectivity index (χ2n) is 12.6. The molecule has 5 rings (SSSR count). The molecule has 49 heavy (non-hydrogen) atoms. The first-order valence-corrected chi connectivity index (χ1v) is 17.1. The first-order valence-electron chi connectivity index (χ1n) is 17.1.